The van der Waals surface area contributed by atoms with E-state index in [0.29, 0.717) is 0 Å². The molecule has 0 saturated carbocycles. The monoisotopic (exact) mass is 373 g/mol. The van der Waals surface area contributed by atoms with Gasteiger partial charge in [-0.3, -0.25) is 0 Å². The molecule has 4 rings (SSSR count). The maximum atomic E-state index is 4.75. The van der Waals surface area contributed by atoms with E-state index in [2.05, 4.69) is 83.3 Å². The van der Waals surface area contributed by atoms with Crippen molar-refractivity contribution in [2.45, 2.75) is 20.8 Å². The lowest BCUT2D eigenvalue weighted by Crippen LogP contribution is -2.47. The summed E-state index contributed by atoms with van der Waals surface area (Å²) in [6, 6.07) is 17.1. The molecule has 1 fully saturated rings. The topological polar surface area (TPSA) is 44.3 Å². The molecule has 1 aliphatic rings. The molecule has 0 bridgehead atoms. The number of nitrogens with one attached hydrogen (secondary N) is 1. The second-order valence-corrected chi connectivity index (χ2v) is 7.56. The van der Waals surface area contributed by atoms with Crippen LogP contribution in [0.5, 0.6) is 0 Å². The molecule has 0 unspecified atom stereocenters. The largest absolute Gasteiger partial charge is 0.368 e. The van der Waals surface area contributed by atoms with E-state index in [4.69, 9.17) is 4.98 Å². The first kappa shape index (κ1) is 18.3. The van der Waals surface area contributed by atoms with Crippen LogP contribution in [0.25, 0.3) is 0 Å². The van der Waals surface area contributed by atoms with E-state index < -0.39 is 0 Å². The van der Waals surface area contributed by atoms with Gasteiger partial charge in [-0.2, -0.15) is 4.98 Å². The Kier molecular flexibility index (Phi) is 5.15. The highest BCUT2D eigenvalue weighted by atomic mass is 15.3. The fourth-order valence-electron chi connectivity index (χ4n) is 3.75. The molecule has 5 nitrogen and oxygen atoms in total. The smallest absolute Gasteiger partial charge is 0.227 e. The molecule has 144 valence electrons. The quantitative estimate of drug-likeness (QED) is 0.731. The van der Waals surface area contributed by atoms with E-state index in [1.165, 1.54) is 22.4 Å². The van der Waals surface area contributed by atoms with Crippen LogP contribution >= 0.6 is 0 Å². The average Bonchev–Trinajstić information content (AvgIpc) is 2.67. The number of nitrogens with zero attached hydrogens (tertiary/aromatic N) is 4. The van der Waals surface area contributed by atoms with E-state index in [9.17, 15) is 0 Å². The minimum atomic E-state index is 0.790. The molecule has 2 aromatic carbocycles. The van der Waals surface area contributed by atoms with Gasteiger partial charge in [-0.05, 0) is 67.8 Å². The number of piperazine rings is 1. The minimum Gasteiger partial charge on any atom is -0.368 e. The molecule has 5 heteroatoms. The highest BCUT2D eigenvalue weighted by Gasteiger charge is 2.19. The molecule has 0 radical (unpaired) electrons. The highest BCUT2D eigenvalue weighted by molar-refractivity contribution is 5.59. The summed E-state index contributed by atoms with van der Waals surface area (Å²) in [4.78, 5) is 14.0. The lowest BCUT2D eigenvalue weighted by atomic mass is 10.1. The first-order valence-electron chi connectivity index (χ1n) is 9.82. The van der Waals surface area contributed by atoms with Gasteiger partial charge in [-0.1, -0.05) is 18.2 Å². The van der Waals surface area contributed by atoms with Gasteiger partial charge in [-0.15, -0.1) is 0 Å². The van der Waals surface area contributed by atoms with E-state index in [1.54, 1.807) is 0 Å². The third-order valence-electron chi connectivity index (χ3n) is 5.07. The number of hydrogen-bond acceptors (Lipinski definition) is 5. The molecule has 3 aromatic rings. The zero-order valence-corrected chi connectivity index (χ0v) is 16.8. The Labute approximate surface area is 167 Å². The number of aromatic nitrogens is 2. The van der Waals surface area contributed by atoms with Crippen LogP contribution in [-0.4, -0.2) is 36.1 Å². The maximum absolute atomic E-state index is 4.75. The zero-order valence-electron chi connectivity index (χ0n) is 16.8. The molecule has 0 aliphatic carbocycles. The second kappa shape index (κ2) is 7.89. The summed E-state index contributed by atoms with van der Waals surface area (Å²) in [6.07, 6.45) is 1.83. The first-order chi connectivity index (χ1) is 13.6. The summed E-state index contributed by atoms with van der Waals surface area (Å²) in [5.74, 6) is 1.62. The molecule has 0 atom stereocenters. The number of anilines is 4. The number of rotatable bonds is 4. The number of benzene rings is 2. The molecular weight excluding hydrogens is 346 g/mol. The van der Waals surface area contributed by atoms with Gasteiger partial charge in [0.15, 0.2) is 0 Å². The van der Waals surface area contributed by atoms with Crippen LogP contribution in [0.15, 0.2) is 54.7 Å². The van der Waals surface area contributed by atoms with Crippen LogP contribution in [0.3, 0.4) is 0 Å². The Bertz CT molecular complexity index is 940. The van der Waals surface area contributed by atoms with Gasteiger partial charge in [0.2, 0.25) is 5.95 Å². The van der Waals surface area contributed by atoms with Crippen molar-refractivity contribution in [3.8, 4) is 0 Å². The van der Waals surface area contributed by atoms with Crippen molar-refractivity contribution in [1.29, 1.82) is 0 Å². The van der Waals surface area contributed by atoms with Crippen molar-refractivity contribution in [1.82, 2.24) is 9.97 Å². The molecule has 2 heterocycles. The molecule has 28 heavy (non-hydrogen) atoms. The summed E-state index contributed by atoms with van der Waals surface area (Å²) in [5.41, 5.74) is 6.14. The molecule has 0 amide bonds. The van der Waals surface area contributed by atoms with E-state index >= 15 is 0 Å². The van der Waals surface area contributed by atoms with Gasteiger partial charge in [0.1, 0.15) is 5.82 Å². The van der Waals surface area contributed by atoms with Crippen molar-refractivity contribution >= 4 is 23.1 Å². The molecule has 1 saturated heterocycles. The molecule has 1 aromatic heterocycles. The lowest BCUT2D eigenvalue weighted by molar-refractivity contribution is 0.640. The summed E-state index contributed by atoms with van der Waals surface area (Å²) in [5, 5.41) is 3.42. The SMILES string of the molecule is Cc1cc(C)cc(Nc2ccnc(N3CCN(c4cccc(C)c4)CC3)n2)c1. The standard InChI is InChI=1S/C23H27N5/c1-17-5-4-6-21(16-17)27-9-11-28(12-10-27)23-24-8-7-22(26-23)25-20-14-18(2)13-19(3)15-20/h4-8,13-16H,9-12H2,1-3H3,(H,24,25,26). The van der Waals surface area contributed by atoms with Crippen LogP contribution in [0.4, 0.5) is 23.1 Å². The second-order valence-electron chi connectivity index (χ2n) is 7.56. The van der Waals surface area contributed by atoms with Gasteiger partial charge in [0.25, 0.3) is 0 Å². The molecule has 1 aliphatic heterocycles. The van der Waals surface area contributed by atoms with Crippen LogP contribution in [0, 0.1) is 20.8 Å². The third-order valence-corrected chi connectivity index (χ3v) is 5.07. The fraction of sp³-hybridized carbons (Fsp3) is 0.304. The summed E-state index contributed by atoms with van der Waals surface area (Å²) in [6.45, 7) is 10.1. The van der Waals surface area contributed by atoms with Gasteiger partial charge >= 0.3 is 0 Å². The zero-order chi connectivity index (χ0) is 19.5. The van der Waals surface area contributed by atoms with Crippen LogP contribution < -0.4 is 15.1 Å². The number of aryl methyl sites for hydroxylation is 3. The summed E-state index contributed by atoms with van der Waals surface area (Å²) >= 11 is 0. The van der Waals surface area contributed by atoms with Gasteiger partial charge in [0.05, 0.1) is 0 Å². The van der Waals surface area contributed by atoms with E-state index in [0.717, 1.165) is 43.6 Å². The van der Waals surface area contributed by atoms with Gasteiger partial charge < -0.3 is 15.1 Å². The summed E-state index contributed by atoms with van der Waals surface area (Å²) in [7, 11) is 0. The third kappa shape index (κ3) is 4.25. The minimum absolute atomic E-state index is 0.790. The number of hydrogen-bond donors (Lipinski definition) is 1. The Balaban J connectivity index is 1.43. The van der Waals surface area contributed by atoms with E-state index in [-0.39, 0.29) is 0 Å². The van der Waals surface area contributed by atoms with Crippen LogP contribution in [0.2, 0.25) is 0 Å². The first-order valence-corrected chi connectivity index (χ1v) is 9.82. The fourth-order valence-corrected chi connectivity index (χ4v) is 3.75. The van der Waals surface area contributed by atoms with Crippen molar-refractivity contribution in [3.05, 3.63) is 71.4 Å². The van der Waals surface area contributed by atoms with Crippen molar-refractivity contribution in [2.24, 2.45) is 0 Å². The van der Waals surface area contributed by atoms with Crippen molar-refractivity contribution < 1.29 is 0 Å². The Morgan fingerprint density at radius 2 is 1.50 bits per heavy atom. The van der Waals surface area contributed by atoms with Crippen LogP contribution in [0.1, 0.15) is 16.7 Å². The van der Waals surface area contributed by atoms with Crippen molar-refractivity contribution in [2.75, 3.05) is 41.3 Å². The summed E-state index contributed by atoms with van der Waals surface area (Å²) < 4.78 is 0. The molecule has 0 spiro atoms. The molecule has 1 N–H and O–H groups in total. The Hall–Kier alpha value is -3.08. The van der Waals surface area contributed by atoms with Gasteiger partial charge in [-0.25, -0.2) is 4.98 Å². The molecular formula is C23H27N5. The normalized spacial score (nSPS) is 14.2. The predicted molar refractivity (Wildman–Crippen MR) is 117 cm³/mol. The van der Waals surface area contributed by atoms with Gasteiger partial charge in [0, 0.05) is 43.8 Å². The highest BCUT2D eigenvalue weighted by Crippen LogP contribution is 2.22. The lowest BCUT2D eigenvalue weighted by Gasteiger charge is -2.36. The maximum Gasteiger partial charge on any atom is 0.227 e. The Morgan fingerprint density at radius 1 is 0.786 bits per heavy atom. The van der Waals surface area contributed by atoms with E-state index in [1.807, 2.05) is 12.3 Å². The Morgan fingerprint density at radius 3 is 2.21 bits per heavy atom. The van der Waals surface area contributed by atoms with Crippen LogP contribution in [-0.2, 0) is 0 Å². The predicted octanol–water partition coefficient (Wildman–Crippen LogP) is 4.47. The average molecular weight is 374 g/mol. The van der Waals surface area contributed by atoms with Crippen molar-refractivity contribution in [3.63, 3.8) is 0 Å².